The van der Waals surface area contributed by atoms with E-state index in [2.05, 4.69) is 10.6 Å². The zero-order chi connectivity index (χ0) is 23.2. The molecule has 8 nitrogen and oxygen atoms in total. The van der Waals surface area contributed by atoms with Gasteiger partial charge in [-0.25, -0.2) is 8.42 Å². The molecule has 0 spiro atoms. The Balaban J connectivity index is 1.91. The van der Waals surface area contributed by atoms with Gasteiger partial charge in [0.05, 0.1) is 17.1 Å². The number of nitrogens with zero attached hydrogens (tertiary/aromatic N) is 1. The lowest BCUT2D eigenvalue weighted by molar-refractivity contribution is -0.127. The molecule has 2 N–H and O–H groups in total. The fraction of sp³-hybridized carbons (Fsp3) is 0.364. The highest BCUT2D eigenvalue weighted by atomic mass is 32.2. The Labute approximate surface area is 183 Å². The number of amides is 2. The summed E-state index contributed by atoms with van der Waals surface area (Å²) in [4.78, 5) is 23.8. The molecule has 2 rings (SSSR count). The smallest absolute Gasteiger partial charge is 0.264 e. The van der Waals surface area contributed by atoms with E-state index in [1.54, 1.807) is 48.5 Å². The molecule has 31 heavy (non-hydrogen) atoms. The third-order valence-electron chi connectivity index (χ3n) is 4.21. The highest BCUT2D eigenvalue weighted by Crippen LogP contribution is 2.24. The number of benzene rings is 2. The Morgan fingerprint density at radius 3 is 2.10 bits per heavy atom. The van der Waals surface area contributed by atoms with Crippen molar-refractivity contribution in [2.75, 3.05) is 24.5 Å². The lowest BCUT2D eigenvalue weighted by Crippen LogP contribution is -2.46. The van der Waals surface area contributed by atoms with Gasteiger partial charge in [0.2, 0.25) is 5.91 Å². The molecule has 0 bridgehead atoms. The first-order chi connectivity index (χ1) is 14.4. The van der Waals surface area contributed by atoms with Crippen LogP contribution in [0.15, 0.2) is 53.4 Å². The van der Waals surface area contributed by atoms with E-state index in [9.17, 15) is 18.0 Å². The number of rotatable bonds is 8. The number of ether oxygens (including phenoxy) is 1. The minimum Gasteiger partial charge on any atom is -0.484 e. The maximum Gasteiger partial charge on any atom is 0.264 e. The van der Waals surface area contributed by atoms with Crippen LogP contribution >= 0.6 is 0 Å². The van der Waals surface area contributed by atoms with E-state index in [-0.39, 0.29) is 29.5 Å². The van der Waals surface area contributed by atoms with Gasteiger partial charge in [-0.3, -0.25) is 13.9 Å². The highest BCUT2D eigenvalue weighted by molar-refractivity contribution is 7.92. The van der Waals surface area contributed by atoms with Crippen molar-refractivity contribution in [2.45, 2.75) is 38.1 Å². The fourth-order valence-corrected chi connectivity index (χ4v) is 3.80. The molecular formula is C22H29N3O5S. The summed E-state index contributed by atoms with van der Waals surface area (Å²) in [5, 5.41) is 5.23. The van der Waals surface area contributed by atoms with Gasteiger partial charge in [-0.1, -0.05) is 17.7 Å². The van der Waals surface area contributed by atoms with Crippen LogP contribution in [0.3, 0.4) is 0 Å². The molecule has 2 aromatic carbocycles. The van der Waals surface area contributed by atoms with Crippen LogP contribution in [-0.2, 0) is 19.6 Å². The molecule has 0 aliphatic carbocycles. The van der Waals surface area contributed by atoms with E-state index in [1.165, 1.54) is 11.4 Å². The number of carbonyl (C=O) groups excluding carboxylic acids is 2. The SMILES string of the molecule is Cc1ccc(S(=O)(=O)N(C)c2ccc(OCC(=O)NCC(=O)NC(C)(C)C)cc2)cc1. The molecule has 9 heteroatoms. The van der Waals surface area contributed by atoms with E-state index in [0.717, 1.165) is 5.56 Å². The molecule has 0 aliphatic rings. The van der Waals surface area contributed by atoms with Crippen LogP contribution in [0.1, 0.15) is 26.3 Å². The van der Waals surface area contributed by atoms with Gasteiger partial charge in [-0.2, -0.15) is 0 Å². The molecule has 0 saturated carbocycles. The molecule has 0 heterocycles. The third-order valence-corrected chi connectivity index (χ3v) is 6.01. The molecule has 0 atom stereocenters. The summed E-state index contributed by atoms with van der Waals surface area (Å²) < 4.78 is 32.1. The summed E-state index contributed by atoms with van der Waals surface area (Å²) in [5.41, 5.74) is 1.05. The van der Waals surface area contributed by atoms with Crippen LogP contribution in [0.2, 0.25) is 0 Å². The zero-order valence-corrected chi connectivity index (χ0v) is 19.2. The molecular weight excluding hydrogens is 418 g/mol. The van der Waals surface area contributed by atoms with Crippen molar-refractivity contribution >= 4 is 27.5 Å². The molecule has 0 aromatic heterocycles. The molecule has 0 fully saturated rings. The first kappa shape index (κ1) is 24.2. The summed E-state index contributed by atoms with van der Waals surface area (Å²) in [6.07, 6.45) is 0. The lowest BCUT2D eigenvalue weighted by atomic mass is 10.1. The minimum atomic E-state index is -3.69. The number of hydrogen-bond acceptors (Lipinski definition) is 5. The maximum atomic E-state index is 12.8. The second kappa shape index (κ2) is 9.82. The fourth-order valence-electron chi connectivity index (χ4n) is 2.60. The monoisotopic (exact) mass is 447 g/mol. The molecule has 2 aromatic rings. The van der Waals surface area contributed by atoms with E-state index in [0.29, 0.717) is 11.4 Å². The van der Waals surface area contributed by atoms with Crippen molar-refractivity contribution in [3.63, 3.8) is 0 Å². The van der Waals surface area contributed by atoms with Gasteiger partial charge in [0, 0.05) is 12.6 Å². The second-order valence-electron chi connectivity index (χ2n) is 8.14. The van der Waals surface area contributed by atoms with Crippen molar-refractivity contribution in [3.05, 3.63) is 54.1 Å². The van der Waals surface area contributed by atoms with Crippen LogP contribution in [0, 0.1) is 6.92 Å². The highest BCUT2D eigenvalue weighted by Gasteiger charge is 2.21. The van der Waals surface area contributed by atoms with Crippen molar-refractivity contribution in [1.82, 2.24) is 10.6 Å². The van der Waals surface area contributed by atoms with Gasteiger partial charge in [0.1, 0.15) is 5.75 Å². The quantitative estimate of drug-likeness (QED) is 0.646. The lowest BCUT2D eigenvalue weighted by Gasteiger charge is -2.20. The number of nitrogens with one attached hydrogen (secondary N) is 2. The predicted octanol–water partition coefficient (Wildman–Crippen LogP) is 2.23. The molecule has 0 radical (unpaired) electrons. The summed E-state index contributed by atoms with van der Waals surface area (Å²) in [7, 11) is -2.21. The van der Waals surface area contributed by atoms with E-state index in [4.69, 9.17) is 4.74 Å². The number of sulfonamides is 1. The topological polar surface area (TPSA) is 105 Å². The summed E-state index contributed by atoms with van der Waals surface area (Å²) in [6.45, 7) is 7.04. The average molecular weight is 448 g/mol. The zero-order valence-electron chi connectivity index (χ0n) is 18.4. The van der Waals surface area contributed by atoms with E-state index >= 15 is 0 Å². The standard InChI is InChI=1S/C22H29N3O5S/c1-16-6-12-19(13-7-16)31(28,29)25(5)17-8-10-18(11-9-17)30-15-21(27)23-14-20(26)24-22(2,3)4/h6-13H,14-15H2,1-5H3,(H,23,27)(H,24,26). The Hall–Kier alpha value is -3.07. The Morgan fingerprint density at radius 1 is 0.968 bits per heavy atom. The first-order valence-corrected chi connectivity index (χ1v) is 11.2. The molecule has 168 valence electrons. The van der Waals surface area contributed by atoms with Crippen LogP contribution < -0.4 is 19.7 Å². The predicted molar refractivity (Wildman–Crippen MR) is 120 cm³/mol. The Bertz CT molecular complexity index is 1010. The van der Waals surface area contributed by atoms with E-state index < -0.39 is 15.9 Å². The maximum absolute atomic E-state index is 12.8. The van der Waals surface area contributed by atoms with Crippen LogP contribution in [-0.4, -0.2) is 46.0 Å². The molecule has 2 amide bonds. The van der Waals surface area contributed by atoms with Gasteiger partial charge in [0.15, 0.2) is 6.61 Å². The van der Waals surface area contributed by atoms with Crippen molar-refractivity contribution in [2.24, 2.45) is 0 Å². The van der Waals surface area contributed by atoms with Gasteiger partial charge in [-0.05, 0) is 64.1 Å². The third kappa shape index (κ3) is 7.29. The van der Waals surface area contributed by atoms with Crippen LogP contribution in [0.4, 0.5) is 5.69 Å². The van der Waals surface area contributed by atoms with Gasteiger partial charge >= 0.3 is 0 Å². The second-order valence-corrected chi connectivity index (χ2v) is 10.1. The number of aryl methyl sites for hydroxylation is 1. The summed E-state index contributed by atoms with van der Waals surface area (Å²) in [5.74, 6) is -0.325. The van der Waals surface area contributed by atoms with Crippen molar-refractivity contribution in [3.8, 4) is 5.75 Å². The number of hydrogen-bond donors (Lipinski definition) is 2. The van der Waals surface area contributed by atoms with Crippen molar-refractivity contribution < 1.29 is 22.7 Å². The van der Waals surface area contributed by atoms with Gasteiger partial charge in [0.25, 0.3) is 15.9 Å². The summed E-state index contributed by atoms with van der Waals surface area (Å²) >= 11 is 0. The molecule has 0 unspecified atom stereocenters. The van der Waals surface area contributed by atoms with Gasteiger partial charge < -0.3 is 15.4 Å². The minimum absolute atomic E-state index is 0.139. The molecule has 0 saturated heterocycles. The largest absolute Gasteiger partial charge is 0.484 e. The first-order valence-electron chi connectivity index (χ1n) is 9.75. The molecule has 0 aliphatic heterocycles. The average Bonchev–Trinajstić information content (AvgIpc) is 2.69. The van der Waals surface area contributed by atoms with Gasteiger partial charge in [-0.15, -0.1) is 0 Å². The normalized spacial score (nSPS) is 11.5. The van der Waals surface area contributed by atoms with Crippen molar-refractivity contribution in [1.29, 1.82) is 0 Å². The number of anilines is 1. The van der Waals surface area contributed by atoms with Crippen LogP contribution in [0.25, 0.3) is 0 Å². The van der Waals surface area contributed by atoms with E-state index in [1.807, 2.05) is 27.7 Å². The Morgan fingerprint density at radius 2 is 1.55 bits per heavy atom. The Kier molecular flexibility index (Phi) is 7.67. The number of carbonyl (C=O) groups is 2. The van der Waals surface area contributed by atoms with Crippen LogP contribution in [0.5, 0.6) is 5.75 Å². The summed E-state index contributed by atoms with van der Waals surface area (Å²) in [6, 6.07) is 13.0.